The summed E-state index contributed by atoms with van der Waals surface area (Å²) in [6, 6.07) is 9.90. The minimum absolute atomic E-state index is 0.0653. The number of allylic oxidation sites excluding steroid dienone is 3. The van der Waals surface area contributed by atoms with E-state index in [0.29, 0.717) is 17.6 Å². The first-order chi connectivity index (χ1) is 15.3. The number of hydrogen-bond donors (Lipinski definition) is 1. The second kappa shape index (κ2) is 9.25. The molecule has 1 aliphatic carbocycles. The lowest BCUT2D eigenvalue weighted by atomic mass is 9.97. The molecule has 0 unspecified atom stereocenters. The minimum atomic E-state index is -0.197. The molecule has 0 spiro atoms. The number of rotatable bonds is 5. The van der Waals surface area contributed by atoms with Gasteiger partial charge in [0.05, 0.1) is 5.52 Å². The summed E-state index contributed by atoms with van der Waals surface area (Å²) in [6.45, 7) is 6.44. The van der Waals surface area contributed by atoms with Gasteiger partial charge in [0.1, 0.15) is 0 Å². The molecule has 0 fully saturated rings. The summed E-state index contributed by atoms with van der Waals surface area (Å²) in [5, 5.41) is 3.90. The van der Waals surface area contributed by atoms with Crippen LogP contribution in [0.3, 0.4) is 0 Å². The van der Waals surface area contributed by atoms with Crippen molar-refractivity contribution in [3.63, 3.8) is 0 Å². The Morgan fingerprint density at radius 1 is 1.19 bits per heavy atom. The molecule has 164 valence electrons. The van der Waals surface area contributed by atoms with Crippen LogP contribution in [0.4, 0.5) is 0 Å². The molecule has 0 aliphatic heterocycles. The highest BCUT2D eigenvalue weighted by molar-refractivity contribution is 9.10. The van der Waals surface area contributed by atoms with Crippen molar-refractivity contribution in [1.82, 2.24) is 14.9 Å². The van der Waals surface area contributed by atoms with Gasteiger partial charge in [-0.2, -0.15) is 0 Å². The van der Waals surface area contributed by atoms with Gasteiger partial charge in [-0.25, -0.2) is 0 Å². The van der Waals surface area contributed by atoms with Crippen molar-refractivity contribution in [2.45, 2.75) is 39.7 Å². The maximum Gasteiger partial charge on any atom is 0.252 e. The van der Waals surface area contributed by atoms with E-state index in [1.807, 2.05) is 43.5 Å². The van der Waals surface area contributed by atoms with E-state index in [1.54, 1.807) is 12.4 Å². The first-order valence-electron chi connectivity index (χ1n) is 10.8. The molecule has 1 amide bonds. The van der Waals surface area contributed by atoms with E-state index in [2.05, 4.69) is 50.7 Å². The van der Waals surface area contributed by atoms with E-state index < -0.39 is 0 Å². The quantitative estimate of drug-likeness (QED) is 0.485. The van der Waals surface area contributed by atoms with E-state index in [-0.39, 0.29) is 24.3 Å². The average molecular weight is 492 g/mol. The molecule has 0 atom stereocenters. The third-order valence-electron chi connectivity index (χ3n) is 5.82. The molecule has 0 bridgehead atoms. The molecule has 4 rings (SSSR count). The number of aromatic nitrogens is 2. The number of hydrogen-bond acceptors (Lipinski definition) is 3. The summed E-state index contributed by atoms with van der Waals surface area (Å²) in [6.07, 6.45) is 8.66. The molecule has 0 radical (unpaired) electrons. The van der Waals surface area contributed by atoms with Crippen LogP contribution in [-0.4, -0.2) is 27.8 Å². The van der Waals surface area contributed by atoms with Gasteiger partial charge in [-0.1, -0.05) is 27.6 Å². The second-order valence-electron chi connectivity index (χ2n) is 8.43. The zero-order chi connectivity index (χ0) is 22.8. The molecule has 1 aromatic carbocycles. The number of nitrogens with zero attached hydrogens (tertiary/aromatic N) is 2. The Kier molecular flexibility index (Phi) is 6.42. The maximum absolute atomic E-state index is 13.2. The molecule has 5 nitrogen and oxygen atoms in total. The molecule has 1 aliphatic rings. The maximum atomic E-state index is 13.2. The van der Waals surface area contributed by atoms with Crippen molar-refractivity contribution in [2.24, 2.45) is 0 Å². The largest absolute Gasteiger partial charge is 0.348 e. The van der Waals surface area contributed by atoms with Crippen LogP contribution in [0.2, 0.25) is 0 Å². The zero-order valence-corrected chi connectivity index (χ0v) is 20.1. The Bertz CT molecular complexity index is 1250. The Balaban J connectivity index is 1.69. The Hall–Kier alpha value is -2.99. The van der Waals surface area contributed by atoms with E-state index >= 15 is 0 Å². The Morgan fingerprint density at radius 2 is 1.94 bits per heavy atom. The van der Waals surface area contributed by atoms with Crippen molar-refractivity contribution < 1.29 is 9.59 Å². The highest BCUT2D eigenvalue weighted by Gasteiger charge is 2.21. The second-order valence-corrected chi connectivity index (χ2v) is 9.34. The lowest BCUT2D eigenvalue weighted by Crippen LogP contribution is -2.28. The van der Waals surface area contributed by atoms with Gasteiger partial charge in [0.15, 0.2) is 5.78 Å². The molecule has 6 heteroatoms. The topological polar surface area (TPSA) is 64.0 Å². The lowest BCUT2D eigenvalue weighted by molar-refractivity contribution is -0.115. The number of fused-ring (bicyclic) bond motifs is 1. The van der Waals surface area contributed by atoms with E-state index in [9.17, 15) is 9.59 Å². The summed E-state index contributed by atoms with van der Waals surface area (Å²) in [7, 11) is 0. The molecular weight excluding hydrogens is 466 g/mol. The lowest BCUT2D eigenvalue weighted by Gasteiger charge is -2.14. The van der Waals surface area contributed by atoms with Crippen LogP contribution in [-0.2, 0) is 4.79 Å². The molecule has 0 saturated heterocycles. The van der Waals surface area contributed by atoms with Gasteiger partial charge >= 0.3 is 0 Å². The number of amides is 1. The van der Waals surface area contributed by atoms with Crippen molar-refractivity contribution in [1.29, 1.82) is 0 Å². The molecule has 3 aromatic rings. The van der Waals surface area contributed by atoms with Crippen molar-refractivity contribution >= 4 is 44.1 Å². The van der Waals surface area contributed by atoms with Crippen molar-refractivity contribution in [3.8, 4) is 0 Å². The highest BCUT2D eigenvalue weighted by atomic mass is 79.9. The van der Waals surface area contributed by atoms with Crippen LogP contribution >= 0.6 is 15.9 Å². The van der Waals surface area contributed by atoms with Crippen LogP contribution in [0, 0.1) is 0 Å². The number of benzene rings is 1. The summed E-state index contributed by atoms with van der Waals surface area (Å²) in [5.74, 6) is -0.132. The van der Waals surface area contributed by atoms with Gasteiger partial charge < -0.3 is 9.88 Å². The van der Waals surface area contributed by atoms with Gasteiger partial charge in [-0.05, 0) is 68.7 Å². The fraction of sp³-hybridized carbons (Fsp3) is 0.269. The fourth-order valence-electron chi connectivity index (χ4n) is 4.13. The van der Waals surface area contributed by atoms with Gasteiger partial charge in [0.25, 0.3) is 5.91 Å². The highest BCUT2D eigenvalue weighted by Crippen LogP contribution is 2.29. The number of ketones is 1. The monoisotopic (exact) mass is 491 g/mol. The number of nitrogens with one attached hydrogen (secondary N) is 1. The zero-order valence-electron chi connectivity index (χ0n) is 18.5. The molecule has 1 N–H and O–H groups in total. The molecule has 0 saturated carbocycles. The smallest absolute Gasteiger partial charge is 0.252 e. The first kappa shape index (κ1) is 22.2. The minimum Gasteiger partial charge on any atom is -0.348 e. The standard InChI is InChI=1S/C26H26BrN3O2/c1-16(2)30-11-8-20-22(13-19(27)14-24(20)30)26(32)29-15-23-21(18-6-9-28-10-7-18)12-17(3)4-5-25(23)31/h6-14,16H,4-5,15H2,1-3H3,(H,29,32). The van der Waals surface area contributed by atoms with E-state index in [1.165, 1.54) is 0 Å². The molecule has 32 heavy (non-hydrogen) atoms. The third-order valence-corrected chi connectivity index (χ3v) is 6.28. The first-order valence-corrected chi connectivity index (χ1v) is 11.6. The van der Waals surface area contributed by atoms with Crippen LogP contribution < -0.4 is 5.32 Å². The van der Waals surface area contributed by atoms with Crippen LogP contribution in [0.1, 0.15) is 55.6 Å². The van der Waals surface area contributed by atoms with Crippen molar-refractivity contribution in [3.05, 3.63) is 81.7 Å². The summed E-state index contributed by atoms with van der Waals surface area (Å²) >= 11 is 3.54. The van der Waals surface area contributed by atoms with Gasteiger partial charge in [0.2, 0.25) is 0 Å². The van der Waals surface area contributed by atoms with Gasteiger partial charge in [0, 0.05) is 58.6 Å². The molecule has 2 heterocycles. The summed E-state index contributed by atoms with van der Waals surface area (Å²) < 4.78 is 2.99. The average Bonchev–Trinajstić information content (AvgIpc) is 3.14. The van der Waals surface area contributed by atoms with Gasteiger partial charge in [-0.15, -0.1) is 0 Å². The number of pyridine rings is 1. The fourth-order valence-corrected chi connectivity index (χ4v) is 4.58. The number of carbonyl (C=O) groups is 2. The van der Waals surface area contributed by atoms with Crippen molar-refractivity contribution in [2.75, 3.05) is 6.54 Å². The Labute approximate surface area is 196 Å². The third kappa shape index (κ3) is 4.46. The van der Waals surface area contributed by atoms with Crippen LogP contribution in [0.25, 0.3) is 16.5 Å². The predicted molar refractivity (Wildman–Crippen MR) is 132 cm³/mol. The molecular formula is C26H26BrN3O2. The number of halogens is 1. The molecule has 2 aromatic heterocycles. The Morgan fingerprint density at radius 3 is 2.66 bits per heavy atom. The van der Waals surface area contributed by atoms with E-state index in [4.69, 9.17) is 0 Å². The predicted octanol–water partition coefficient (Wildman–Crippen LogP) is 5.87. The SMILES string of the molecule is CC1=CC(c2ccncc2)=C(CNC(=O)c2cc(Br)cc3c2ccn3C(C)C)C(=O)CC1. The number of carbonyl (C=O) groups excluding carboxylic acids is 2. The van der Waals surface area contributed by atoms with Crippen LogP contribution in [0.5, 0.6) is 0 Å². The normalized spacial score (nSPS) is 14.7. The summed E-state index contributed by atoms with van der Waals surface area (Å²) in [5.41, 5.74) is 5.16. The van der Waals surface area contributed by atoms with Gasteiger partial charge in [-0.3, -0.25) is 14.6 Å². The summed E-state index contributed by atoms with van der Waals surface area (Å²) in [4.78, 5) is 30.3. The van der Waals surface area contributed by atoms with Crippen LogP contribution in [0.15, 0.2) is 70.6 Å². The number of Topliss-reactive ketones (excluding diaryl/α,β-unsaturated/α-hetero) is 1. The van der Waals surface area contributed by atoms with E-state index in [0.717, 1.165) is 38.5 Å².